The number of nitrogens with one attached hydrogen (secondary N) is 1. The van der Waals surface area contributed by atoms with Gasteiger partial charge in [0.2, 0.25) is 0 Å². The van der Waals surface area contributed by atoms with Crippen molar-refractivity contribution in [1.29, 1.82) is 0 Å². The number of piperidine rings is 1. The molecule has 0 spiro atoms. The zero-order chi connectivity index (χ0) is 22.9. The second-order valence-electron chi connectivity index (χ2n) is 7.33. The molecular weight excluding hydrogens is 458 g/mol. The first kappa shape index (κ1) is 22.2. The number of carbonyl (C=O) groups is 1. The predicted octanol–water partition coefficient (Wildman–Crippen LogP) is 3.93. The molecule has 1 aliphatic rings. The van der Waals surface area contributed by atoms with Crippen LogP contribution < -0.4 is 14.2 Å². The summed E-state index contributed by atoms with van der Waals surface area (Å²) in [5.41, 5.74) is 0.576. The van der Waals surface area contributed by atoms with Crippen LogP contribution in [0.5, 0.6) is 11.5 Å². The highest BCUT2D eigenvalue weighted by Crippen LogP contribution is 2.37. The fraction of sp³-hybridized carbons (Fsp3) is 0.333. The zero-order valence-electron chi connectivity index (χ0n) is 17.6. The molecule has 0 atom stereocenters. The number of nitrogens with zero attached hydrogens (tertiary/aromatic N) is 2. The molecule has 1 fully saturated rings. The van der Waals surface area contributed by atoms with Crippen LogP contribution in [0.15, 0.2) is 39.8 Å². The molecule has 9 nitrogen and oxygen atoms in total. The molecule has 0 unspecified atom stereocenters. The summed E-state index contributed by atoms with van der Waals surface area (Å²) < 4.78 is 44.3. The third kappa shape index (κ3) is 4.20. The van der Waals surface area contributed by atoms with Gasteiger partial charge in [0.15, 0.2) is 11.3 Å². The number of ether oxygens (including phenoxy) is 2. The van der Waals surface area contributed by atoms with Gasteiger partial charge in [0, 0.05) is 19.2 Å². The normalized spacial score (nSPS) is 14.4. The Morgan fingerprint density at radius 1 is 1.09 bits per heavy atom. The fourth-order valence-corrected chi connectivity index (χ4v) is 4.96. The molecule has 32 heavy (non-hydrogen) atoms. The number of sulfonamides is 1. The number of likely N-dealkylation sites (tertiary alicyclic amines) is 1. The quantitative estimate of drug-likeness (QED) is 0.570. The lowest BCUT2D eigenvalue weighted by molar-refractivity contribution is 0.0716. The molecule has 1 amide bonds. The van der Waals surface area contributed by atoms with Gasteiger partial charge in [0.05, 0.1) is 35.2 Å². The van der Waals surface area contributed by atoms with E-state index in [1.165, 1.54) is 44.6 Å². The Labute approximate surface area is 190 Å². The lowest BCUT2D eigenvalue weighted by atomic mass is 10.1. The van der Waals surface area contributed by atoms with Crippen molar-refractivity contribution in [3.63, 3.8) is 0 Å². The van der Waals surface area contributed by atoms with E-state index in [4.69, 9.17) is 25.6 Å². The Balaban J connectivity index is 1.68. The third-order valence-electron chi connectivity index (χ3n) is 5.32. The molecule has 2 aromatic carbocycles. The third-order valence-corrected chi connectivity index (χ3v) is 6.97. The molecular formula is C21H22ClN3O6S. The summed E-state index contributed by atoms with van der Waals surface area (Å²) in [7, 11) is -1.19. The van der Waals surface area contributed by atoms with Gasteiger partial charge in [0.1, 0.15) is 11.5 Å². The summed E-state index contributed by atoms with van der Waals surface area (Å²) in [6, 6.07) is 7.12. The van der Waals surface area contributed by atoms with Gasteiger partial charge < -0.3 is 18.9 Å². The highest BCUT2D eigenvalue weighted by atomic mass is 35.5. The van der Waals surface area contributed by atoms with Gasteiger partial charge in [0.25, 0.3) is 15.9 Å². The van der Waals surface area contributed by atoms with Crippen LogP contribution in [0.3, 0.4) is 0 Å². The average Bonchev–Trinajstić information content (AvgIpc) is 3.22. The predicted molar refractivity (Wildman–Crippen MR) is 119 cm³/mol. The molecule has 1 saturated heterocycles. The smallest absolute Gasteiger partial charge is 0.276 e. The summed E-state index contributed by atoms with van der Waals surface area (Å²) in [6.45, 7) is 1.29. The molecule has 1 aromatic heterocycles. The Kier molecular flexibility index (Phi) is 6.16. The summed E-state index contributed by atoms with van der Waals surface area (Å²) in [5.74, 6) is 0.314. The van der Waals surface area contributed by atoms with E-state index in [1.54, 1.807) is 4.90 Å². The first-order chi connectivity index (χ1) is 15.3. The van der Waals surface area contributed by atoms with Crippen molar-refractivity contribution in [3.8, 4) is 11.5 Å². The van der Waals surface area contributed by atoms with Crippen LogP contribution in [-0.2, 0) is 10.0 Å². The van der Waals surface area contributed by atoms with Crippen molar-refractivity contribution < 1.29 is 27.2 Å². The van der Waals surface area contributed by atoms with Crippen molar-refractivity contribution in [2.45, 2.75) is 24.2 Å². The molecule has 0 radical (unpaired) electrons. The zero-order valence-corrected chi connectivity index (χ0v) is 19.1. The minimum Gasteiger partial charge on any atom is -0.495 e. The van der Waals surface area contributed by atoms with Gasteiger partial charge in [-0.1, -0.05) is 16.8 Å². The molecule has 170 valence electrons. The van der Waals surface area contributed by atoms with Gasteiger partial charge in [-0.3, -0.25) is 9.52 Å². The molecule has 1 N–H and O–H groups in total. The van der Waals surface area contributed by atoms with Crippen LogP contribution in [0.2, 0.25) is 5.02 Å². The maximum atomic E-state index is 13.1. The van der Waals surface area contributed by atoms with Crippen LogP contribution in [0.4, 0.5) is 5.69 Å². The number of hydrogen-bond donors (Lipinski definition) is 1. The summed E-state index contributed by atoms with van der Waals surface area (Å²) in [6.07, 6.45) is 2.94. The fourth-order valence-electron chi connectivity index (χ4n) is 3.63. The molecule has 11 heteroatoms. The van der Waals surface area contributed by atoms with Crippen molar-refractivity contribution in [2.75, 3.05) is 32.0 Å². The molecule has 0 aliphatic carbocycles. The van der Waals surface area contributed by atoms with Gasteiger partial charge in [-0.2, -0.15) is 0 Å². The number of fused-ring (bicyclic) bond motifs is 1. The van der Waals surface area contributed by atoms with Crippen LogP contribution in [-0.4, -0.2) is 51.7 Å². The van der Waals surface area contributed by atoms with E-state index < -0.39 is 10.0 Å². The Morgan fingerprint density at radius 2 is 1.81 bits per heavy atom. The first-order valence-corrected chi connectivity index (χ1v) is 11.8. The Morgan fingerprint density at radius 3 is 2.50 bits per heavy atom. The number of benzene rings is 2. The SMILES string of the molecule is COc1cc(OC)c(NS(=O)(=O)c2ccc3onc(C(=O)N4CCCCC4)c3c2)cc1Cl. The highest BCUT2D eigenvalue weighted by Gasteiger charge is 2.26. The lowest BCUT2D eigenvalue weighted by Crippen LogP contribution is -2.35. The molecule has 0 bridgehead atoms. The second kappa shape index (κ2) is 8.87. The van der Waals surface area contributed by atoms with Crippen molar-refractivity contribution >= 4 is 44.2 Å². The maximum absolute atomic E-state index is 13.1. The number of hydrogen-bond acceptors (Lipinski definition) is 7. The molecule has 4 rings (SSSR count). The van der Waals surface area contributed by atoms with Crippen molar-refractivity contribution in [1.82, 2.24) is 10.1 Å². The highest BCUT2D eigenvalue weighted by molar-refractivity contribution is 7.92. The van der Waals surface area contributed by atoms with Crippen LogP contribution in [0, 0.1) is 0 Å². The topological polar surface area (TPSA) is 111 Å². The number of carbonyl (C=O) groups excluding carboxylic acids is 1. The number of anilines is 1. The van der Waals surface area contributed by atoms with E-state index in [2.05, 4.69) is 9.88 Å². The van der Waals surface area contributed by atoms with Gasteiger partial charge >= 0.3 is 0 Å². The van der Waals surface area contributed by atoms with E-state index in [1.807, 2.05) is 0 Å². The van der Waals surface area contributed by atoms with Crippen LogP contribution in [0.1, 0.15) is 29.8 Å². The largest absolute Gasteiger partial charge is 0.495 e. The number of halogens is 1. The van der Waals surface area contributed by atoms with Gasteiger partial charge in [-0.15, -0.1) is 0 Å². The number of aromatic nitrogens is 1. The molecule has 1 aliphatic heterocycles. The summed E-state index contributed by atoms with van der Waals surface area (Å²) >= 11 is 6.15. The van der Waals surface area contributed by atoms with Gasteiger partial charge in [-0.25, -0.2) is 8.42 Å². The van der Waals surface area contributed by atoms with E-state index in [0.717, 1.165) is 19.3 Å². The second-order valence-corrected chi connectivity index (χ2v) is 9.42. The number of methoxy groups -OCH3 is 2. The summed E-state index contributed by atoms with van der Waals surface area (Å²) in [5, 5.41) is 4.46. The number of amides is 1. The average molecular weight is 480 g/mol. The number of rotatable bonds is 6. The lowest BCUT2D eigenvalue weighted by Gasteiger charge is -2.25. The van der Waals surface area contributed by atoms with E-state index in [0.29, 0.717) is 29.8 Å². The van der Waals surface area contributed by atoms with Gasteiger partial charge in [-0.05, 0) is 43.5 Å². The van der Waals surface area contributed by atoms with Crippen LogP contribution in [0.25, 0.3) is 11.0 Å². The standard InChI is InChI=1S/C21H22ClN3O6S/c1-29-18-12-19(30-2)16(11-15(18)22)24-32(27,28)13-6-7-17-14(10-13)20(23-31-17)21(26)25-8-4-3-5-9-25/h6-7,10-12,24H,3-5,8-9H2,1-2H3. The minimum atomic E-state index is -4.04. The molecule has 0 saturated carbocycles. The van der Waals surface area contributed by atoms with Crippen molar-refractivity contribution in [3.05, 3.63) is 41.0 Å². The first-order valence-electron chi connectivity index (χ1n) is 9.97. The Hall–Kier alpha value is -2.98. The van der Waals surface area contributed by atoms with E-state index in [9.17, 15) is 13.2 Å². The van der Waals surface area contributed by atoms with E-state index >= 15 is 0 Å². The monoisotopic (exact) mass is 479 g/mol. The van der Waals surface area contributed by atoms with Crippen LogP contribution >= 0.6 is 11.6 Å². The Bertz CT molecular complexity index is 1270. The molecule has 3 aromatic rings. The van der Waals surface area contributed by atoms with Crippen molar-refractivity contribution in [2.24, 2.45) is 0 Å². The minimum absolute atomic E-state index is 0.0603. The van der Waals surface area contributed by atoms with E-state index in [-0.39, 0.29) is 33.0 Å². The molecule has 2 heterocycles. The maximum Gasteiger partial charge on any atom is 0.276 e. The summed E-state index contributed by atoms with van der Waals surface area (Å²) in [4.78, 5) is 14.6.